The van der Waals surface area contributed by atoms with Crippen molar-refractivity contribution in [2.24, 2.45) is 7.05 Å². The Morgan fingerprint density at radius 2 is 2.17 bits per heavy atom. The van der Waals surface area contributed by atoms with Crippen LogP contribution in [0.25, 0.3) is 11.2 Å². The molecule has 0 bridgehead atoms. The molecule has 7 heteroatoms. The molecule has 0 saturated heterocycles. The lowest BCUT2D eigenvalue weighted by Crippen LogP contribution is -2.28. The smallest absolute Gasteiger partial charge is 0.325 e. The molecule has 0 radical (unpaired) electrons. The Morgan fingerprint density at radius 1 is 1.39 bits per heavy atom. The van der Waals surface area contributed by atoms with Gasteiger partial charge in [-0.2, -0.15) is 0 Å². The molecule has 0 aliphatic heterocycles. The van der Waals surface area contributed by atoms with Crippen LogP contribution in [0.5, 0.6) is 0 Å². The number of hydrogen-bond acceptors (Lipinski definition) is 4. The third-order valence-corrected chi connectivity index (χ3v) is 2.46. The molecule has 18 heavy (non-hydrogen) atoms. The van der Waals surface area contributed by atoms with Gasteiger partial charge in [0.25, 0.3) is 5.56 Å². The summed E-state index contributed by atoms with van der Waals surface area (Å²) in [6, 6.07) is 0. The summed E-state index contributed by atoms with van der Waals surface area (Å²) in [5, 5.41) is 2.97. The number of H-pyrrole nitrogens is 2. The van der Waals surface area contributed by atoms with Crippen LogP contribution in [0.1, 0.15) is 12.2 Å². The van der Waals surface area contributed by atoms with Crippen LogP contribution >= 0.6 is 0 Å². The molecule has 3 N–H and O–H groups in total. The second kappa shape index (κ2) is 4.89. The van der Waals surface area contributed by atoms with Gasteiger partial charge in [0.05, 0.1) is 0 Å². The molecule has 0 atom stereocenters. The van der Waals surface area contributed by atoms with Crippen LogP contribution in [-0.4, -0.2) is 33.1 Å². The Labute approximate surface area is 102 Å². The number of imidazole rings is 1. The topological polar surface area (TPSA) is 95.6 Å². The lowest BCUT2D eigenvalue weighted by molar-refractivity contribution is 0.818. The first-order chi connectivity index (χ1) is 8.63. The van der Waals surface area contributed by atoms with Crippen LogP contribution in [0.15, 0.2) is 9.59 Å². The van der Waals surface area contributed by atoms with Crippen molar-refractivity contribution >= 4 is 11.2 Å². The maximum atomic E-state index is 11.5. The van der Waals surface area contributed by atoms with E-state index in [0.29, 0.717) is 17.9 Å². The van der Waals surface area contributed by atoms with E-state index in [-0.39, 0.29) is 5.52 Å². The molecule has 2 heterocycles. The number of aromatic nitrogens is 4. The van der Waals surface area contributed by atoms with Gasteiger partial charge in [0.2, 0.25) is 0 Å². The molecule has 0 aliphatic carbocycles. The van der Waals surface area contributed by atoms with Crippen LogP contribution in [-0.2, 0) is 7.05 Å². The number of aryl methyl sites for hydroxylation is 1. The van der Waals surface area contributed by atoms with Crippen molar-refractivity contribution < 1.29 is 0 Å². The summed E-state index contributed by atoms with van der Waals surface area (Å²) in [6.45, 7) is 0.784. The molecule has 0 fully saturated rings. The minimum absolute atomic E-state index is 0.259. The van der Waals surface area contributed by atoms with E-state index < -0.39 is 11.2 Å². The van der Waals surface area contributed by atoms with Crippen molar-refractivity contribution in [2.45, 2.75) is 6.42 Å². The van der Waals surface area contributed by atoms with Gasteiger partial charge in [-0.3, -0.25) is 14.3 Å². The molecular weight excluding hydrogens is 234 g/mol. The maximum Gasteiger partial charge on any atom is 0.329 e. The summed E-state index contributed by atoms with van der Waals surface area (Å²) in [4.78, 5) is 32.0. The standard InChI is InChI=1S/C11H13N5O2/c1-12-6-4-3-5-7-13-8-9(14-7)16(2)11(18)15-10(8)17/h12H,4,6H2,1-2H3,(H,13,14)(H,15,17,18). The predicted molar refractivity (Wildman–Crippen MR) is 67.4 cm³/mol. The van der Waals surface area contributed by atoms with Gasteiger partial charge in [-0.15, -0.1) is 0 Å². The highest BCUT2D eigenvalue weighted by atomic mass is 16.2. The average molecular weight is 247 g/mol. The number of nitrogens with zero attached hydrogens (tertiary/aromatic N) is 2. The quantitative estimate of drug-likeness (QED) is 0.464. The fraction of sp³-hybridized carbons (Fsp3) is 0.364. The Bertz CT molecular complexity index is 741. The van der Waals surface area contributed by atoms with Crippen LogP contribution in [0.2, 0.25) is 0 Å². The SMILES string of the molecule is CNCCC#Cc1nc2c([nH]1)c(=O)[nH]c(=O)n2C. The van der Waals surface area contributed by atoms with E-state index in [0.717, 1.165) is 6.54 Å². The number of fused-ring (bicyclic) bond motifs is 1. The molecular formula is C11H13N5O2. The Balaban J connectivity index is 2.47. The van der Waals surface area contributed by atoms with Gasteiger partial charge >= 0.3 is 5.69 Å². The van der Waals surface area contributed by atoms with E-state index in [2.05, 4.69) is 32.1 Å². The van der Waals surface area contributed by atoms with E-state index in [4.69, 9.17) is 0 Å². The minimum atomic E-state index is -0.492. The second-order valence-corrected chi connectivity index (χ2v) is 3.76. The normalized spacial score (nSPS) is 10.3. The fourth-order valence-electron chi connectivity index (χ4n) is 1.50. The highest BCUT2D eigenvalue weighted by molar-refractivity contribution is 5.70. The summed E-state index contributed by atoms with van der Waals surface area (Å²) >= 11 is 0. The first kappa shape index (κ1) is 12.1. The summed E-state index contributed by atoms with van der Waals surface area (Å²) in [6.07, 6.45) is 0.683. The number of aromatic amines is 2. The van der Waals surface area contributed by atoms with Crippen LogP contribution < -0.4 is 16.6 Å². The van der Waals surface area contributed by atoms with Crippen molar-refractivity contribution in [3.8, 4) is 11.8 Å². The van der Waals surface area contributed by atoms with E-state index in [9.17, 15) is 9.59 Å². The highest BCUT2D eigenvalue weighted by Gasteiger charge is 2.08. The van der Waals surface area contributed by atoms with Crippen LogP contribution in [0.4, 0.5) is 0 Å². The first-order valence-electron chi connectivity index (χ1n) is 5.46. The molecule has 2 aromatic heterocycles. The minimum Gasteiger partial charge on any atom is -0.325 e. The van der Waals surface area contributed by atoms with Crippen molar-refractivity contribution in [1.82, 2.24) is 24.8 Å². The molecule has 2 aromatic rings. The van der Waals surface area contributed by atoms with Crippen molar-refractivity contribution in [2.75, 3.05) is 13.6 Å². The lowest BCUT2D eigenvalue weighted by atomic mass is 10.4. The van der Waals surface area contributed by atoms with Gasteiger partial charge in [0.15, 0.2) is 17.0 Å². The Morgan fingerprint density at radius 3 is 2.89 bits per heavy atom. The van der Waals surface area contributed by atoms with Crippen molar-refractivity contribution in [3.63, 3.8) is 0 Å². The van der Waals surface area contributed by atoms with Crippen LogP contribution in [0, 0.1) is 11.8 Å². The molecule has 0 amide bonds. The summed E-state index contributed by atoms with van der Waals surface area (Å²) in [5.41, 5.74) is -0.408. The molecule has 0 aliphatic rings. The van der Waals surface area contributed by atoms with Crippen molar-refractivity contribution in [1.29, 1.82) is 0 Å². The number of nitrogens with one attached hydrogen (secondary N) is 3. The lowest BCUT2D eigenvalue weighted by Gasteiger charge is -1.94. The van der Waals surface area contributed by atoms with E-state index in [1.165, 1.54) is 4.57 Å². The predicted octanol–water partition coefficient (Wildman–Crippen LogP) is -1.09. The fourth-order valence-corrected chi connectivity index (χ4v) is 1.50. The molecule has 0 aromatic carbocycles. The zero-order valence-electron chi connectivity index (χ0n) is 10.1. The molecule has 0 unspecified atom stereocenters. The van der Waals surface area contributed by atoms with Gasteiger partial charge in [-0.25, -0.2) is 9.78 Å². The maximum absolute atomic E-state index is 11.5. The third-order valence-electron chi connectivity index (χ3n) is 2.46. The van der Waals surface area contributed by atoms with Crippen LogP contribution in [0.3, 0.4) is 0 Å². The molecule has 94 valence electrons. The van der Waals surface area contributed by atoms with E-state index >= 15 is 0 Å². The zero-order chi connectivity index (χ0) is 13.1. The number of hydrogen-bond donors (Lipinski definition) is 3. The third kappa shape index (κ3) is 2.19. The van der Waals surface area contributed by atoms with Gasteiger partial charge in [0.1, 0.15) is 0 Å². The molecule has 0 spiro atoms. The summed E-state index contributed by atoms with van der Waals surface area (Å²) in [7, 11) is 3.39. The van der Waals surface area contributed by atoms with Gasteiger partial charge in [-0.1, -0.05) is 5.92 Å². The first-order valence-corrected chi connectivity index (χ1v) is 5.46. The van der Waals surface area contributed by atoms with Gasteiger partial charge in [-0.05, 0) is 13.0 Å². The molecule has 2 rings (SSSR count). The molecule has 7 nitrogen and oxygen atoms in total. The summed E-state index contributed by atoms with van der Waals surface area (Å²) in [5.74, 6) is 6.11. The largest absolute Gasteiger partial charge is 0.329 e. The Hall–Kier alpha value is -2.33. The number of rotatable bonds is 2. The summed E-state index contributed by atoms with van der Waals surface area (Å²) < 4.78 is 1.27. The van der Waals surface area contributed by atoms with Crippen molar-refractivity contribution in [3.05, 3.63) is 26.7 Å². The average Bonchev–Trinajstić information content (AvgIpc) is 2.77. The van der Waals surface area contributed by atoms with Gasteiger partial charge in [0, 0.05) is 20.0 Å². The highest BCUT2D eigenvalue weighted by Crippen LogP contribution is 2.02. The van der Waals surface area contributed by atoms with Gasteiger partial charge < -0.3 is 10.3 Å². The zero-order valence-corrected chi connectivity index (χ0v) is 10.1. The monoisotopic (exact) mass is 247 g/mol. The van der Waals surface area contributed by atoms with E-state index in [1.54, 1.807) is 7.05 Å². The second-order valence-electron chi connectivity index (χ2n) is 3.76. The molecule has 0 saturated carbocycles. The van der Waals surface area contributed by atoms with E-state index in [1.807, 2.05) is 7.05 Å². The Kier molecular flexibility index (Phi) is 3.30.